The first-order valence-corrected chi connectivity index (χ1v) is 7.94. The Balaban J connectivity index is 1.82. The smallest absolute Gasteiger partial charge is 0.258 e. The topological polar surface area (TPSA) is 49.0 Å². The van der Waals surface area contributed by atoms with Crippen molar-refractivity contribution in [1.29, 1.82) is 0 Å². The lowest BCUT2D eigenvalue weighted by atomic mass is 10.0. The minimum absolute atomic E-state index is 0.0555. The van der Waals surface area contributed by atoms with E-state index in [0.717, 1.165) is 43.9 Å². The van der Waals surface area contributed by atoms with Gasteiger partial charge in [-0.05, 0) is 24.8 Å². The third-order valence-electron chi connectivity index (χ3n) is 4.02. The molecule has 0 spiro atoms. The van der Waals surface area contributed by atoms with Crippen LogP contribution < -0.4 is 5.56 Å². The van der Waals surface area contributed by atoms with Crippen molar-refractivity contribution in [1.82, 2.24) is 14.3 Å². The van der Waals surface area contributed by atoms with Gasteiger partial charge in [-0.15, -0.1) is 0 Å². The monoisotopic (exact) mass is 301 g/mol. The van der Waals surface area contributed by atoms with Gasteiger partial charge in [-0.3, -0.25) is 14.0 Å². The summed E-state index contributed by atoms with van der Waals surface area (Å²) in [6.07, 6.45) is 7.40. The van der Waals surface area contributed by atoms with Gasteiger partial charge in [0.2, 0.25) is 0 Å². The van der Waals surface area contributed by atoms with E-state index in [2.05, 4.69) is 18.9 Å². The third kappa shape index (κ3) is 3.30. The summed E-state index contributed by atoms with van der Waals surface area (Å²) in [6.45, 7) is 6.74. The van der Waals surface area contributed by atoms with Crippen LogP contribution in [0, 0.1) is 11.8 Å². The van der Waals surface area contributed by atoms with Crippen LogP contribution >= 0.6 is 0 Å². The third-order valence-corrected chi connectivity index (χ3v) is 4.02. The maximum Gasteiger partial charge on any atom is 0.258 e. The van der Waals surface area contributed by atoms with E-state index in [-0.39, 0.29) is 5.56 Å². The fraction of sp³-hybridized carbons (Fsp3) is 0.529. The zero-order chi connectivity index (χ0) is 15.5. The van der Waals surface area contributed by atoms with E-state index in [1.807, 2.05) is 29.2 Å². The van der Waals surface area contributed by atoms with E-state index >= 15 is 0 Å². The van der Waals surface area contributed by atoms with E-state index < -0.39 is 0 Å². The number of nitrogens with zero attached hydrogens (tertiary/aromatic N) is 3. The van der Waals surface area contributed by atoms with Crippen molar-refractivity contribution in [2.45, 2.75) is 33.2 Å². The van der Waals surface area contributed by atoms with Gasteiger partial charge in [-0.25, -0.2) is 0 Å². The van der Waals surface area contributed by atoms with Crippen LogP contribution in [0.15, 0.2) is 35.5 Å². The molecular formula is C17H23N3O2. The Labute approximate surface area is 130 Å². The van der Waals surface area contributed by atoms with Gasteiger partial charge in [-0.2, -0.15) is 5.10 Å². The molecule has 0 N–H and O–H groups in total. The number of aromatic nitrogens is 3. The lowest BCUT2D eigenvalue weighted by Crippen LogP contribution is -2.22. The lowest BCUT2D eigenvalue weighted by molar-refractivity contribution is 0.181. The molecule has 0 amide bonds. The van der Waals surface area contributed by atoms with Crippen molar-refractivity contribution >= 4 is 0 Å². The maximum absolute atomic E-state index is 12.6. The molecule has 3 rings (SSSR count). The molecule has 0 unspecified atom stereocenters. The first-order chi connectivity index (χ1) is 10.6. The van der Waals surface area contributed by atoms with Gasteiger partial charge in [0.15, 0.2) is 0 Å². The molecule has 3 heterocycles. The molecule has 118 valence electrons. The molecule has 22 heavy (non-hydrogen) atoms. The fourth-order valence-corrected chi connectivity index (χ4v) is 2.91. The molecule has 0 aromatic carbocycles. The molecule has 1 aliphatic heterocycles. The molecule has 1 fully saturated rings. The summed E-state index contributed by atoms with van der Waals surface area (Å²) in [5.41, 5.74) is 1.74. The fourth-order valence-electron chi connectivity index (χ4n) is 2.91. The van der Waals surface area contributed by atoms with Gasteiger partial charge >= 0.3 is 0 Å². The van der Waals surface area contributed by atoms with E-state index in [0.29, 0.717) is 11.8 Å². The molecule has 0 aliphatic carbocycles. The second kappa shape index (κ2) is 6.48. The Hall–Kier alpha value is -1.88. The van der Waals surface area contributed by atoms with Gasteiger partial charge in [-0.1, -0.05) is 19.9 Å². The van der Waals surface area contributed by atoms with Crippen molar-refractivity contribution in [2.24, 2.45) is 11.8 Å². The van der Waals surface area contributed by atoms with Gasteiger partial charge in [0.25, 0.3) is 5.56 Å². The summed E-state index contributed by atoms with van der Waals surface area (Å²) in [6, 6.07) is 3.85. The van der Waals surface area contributed by atoms with Gasteiger partial charge in [0, 0.05) is 37.0 Å². The Kier molecular flexibility index (Phi) is 4.43. The van der Waals surface area contributed by atoms with E-state index in [4.69, 9.17) is 4.74 Å². The number of rotatable bonds is 5. The summed E-state index contributed by atoms with van der Waals surface area (Å²) in [4.78, 5) is 12.6. The summed E-state index contributed by atoms with van der Waals surface area (Å²) >= 11 is 0. The van der Waals surface area contributed by atoms with E-state index in [1.54, 1.807) is 10.8 Å². The molecule has 1 aliphatic rings. The summed E-state index contributed by atoms with van der Waals surface area (Å²) in [7, 11) is 0. The summed E-state index contributed by atoms with van der Waals surface area (Å²) in [5.74, 6) is 0.991. The Morgan fingerprint density at radius 2 is 2.32 bits per heavy atom. The highest BCUT2D eigenvalue weighted by molar-refractivity contribution is 5.28. The quantitative estimate of drug-likeness (QED) is 0.851. The van der Waals surface area contributed by atoms with Crippen LogP contribution in [0.5, 0.6) is 0 Å². The van der Waals surface area contributed by atoms with Gasteiger partial charge < -0.3 is 4.74 Å². The minimum Gasteiger partial charge on any atom is -0.381 e. The Bertz CT molecular complexity index is 681. The van der Waals surface area contributed by atoms with Crippen molar-refractivity contribution < 1.29 is 4.74 Å². The largest absolute Gasteiger partial charge is 0.381 e. The maximum atomic E-state index is 12.6. The molecule has 2 aromatic rings. The highest BCUT2D eigenvalue weighted by Crippen LogP contribution is 2.15. The molecule has 5 heteroatoms. The van der Waals surface area contributed by atoms with Gasteiger partial charge in [0.05, 0.1) is 18.5 Å². The predicted molar refractivity (Wildman–Crippen MR) is 85.3 cm³/mol. The van der Waals surface area contributed by atoms with E-state index in [9.17, 15) is 4.79 Å². The second-order valence-corrected chi connectivity index (χ2v) is 6.46. The van der Waals surface area contributed by atoms with Crippen molar-refractivity contribution in [3.05, 3.63) is 46.6 Å². The first kappa shape index (κ1) is 15.0. The minimum atomic E-state index is 0.0555. The standard InChI is InChI=1S/C17H23N3O2/c1-13(2)8-15-4-3-6-20(17(15)21)16-9-18-19(11-16)10-14-5-7-22-12-14/h3-4,6,9,11,13-14H,5,7-8,10,12H2,1-2H3/t14-/m0/s1. The normalized spacial score (nSPS) is 18.2. The number of ether oxygens (including phenoxy) is 1. The molecule has 2 aromatic heterocycles. The van der Waals surface area contributed by atoms with E-state index in [1.165, 1.54) is 0 Å². The first-order valence-electron chi connectivity index (χ1n) is 7.94. The van der Waals surface area contributed by atoms with Crippen molar-refractivity contribution in [3.63, 3.8) is 0 Å². The number of hydrogen-bond acceptors (Lipinski definition) is 3. The lowest BCUT2D eigenvalue weighted by Gasteiger charge is -2.08. The van der Waals surface area contributed by atoms with Gasteiger partial charge in [0.1, 0.15) is 0 Å². The molecular weight excluding hydrogens is 278 g/mol. The average molecular weight is 301 g/mol. The van der Waals surface area contributed by atoms with Crippen LogP contribution in [-0.2, 0) is 17.7 Å². The molecule has 1 saturated heterocycles. The highest BCUT2D eigenvalue weighted by atomic mass is 16.5. The van der Waals surface area contributed by atoms with Crippen molar-refractivity contribution in [3.8, 4) is 5.69 Å². The summed E-state index contributed by atoms with van der Waals surface area (Å²) < 4.78 is 9.00. The highest BCUT2D eigenvalue weighted by Gasteiger charge is 2.17. The molecule has 1 atom stereocenters. The molecule has 0 radical (unpaired) electrons. The SMILES string of the molecule is CC(C)Cc1cccn(-c2cnn(C[C@@H]3CCOC3)c2)c1=O. The zero-order valence-corrected chi connectivity index (χ0v) is 13.2. The molecule has 0 saturated carbocycles. The van der Waals surface area contributed by atoms with Crippen molar-refractivity contribution in [2.75, 3.05) is 13.2 Å². The summed E-state index contributed by atoms with van der Waals surface area (Å²) in [5, 5.41) is 4.39. The Morgan fingerprint density at radius 3 is 3.05 bits per heavy atom. The zero-order valence-electron chi connectivity index (χ0n) is 13.2. The predicted octanol–water partition coefficient (Wildman–Crippen LogP) is 2.27. The average Bonchev–Trinajstić information content (AvgIpc) is 3.13. The van der Waals surface area contributed by atoms with Crippen LogP contribution in [0.4, 0.5) is 0 Å². The number of hydrogen-bond donors (Lipinski definition) is 0. The van der Waals surface area contributed by atoms with Crippen LogP contribution in [0.2, 0.25) is 0 Å². The number of pyridine rings is 1. The Morgan fingerprint density at radius 1 is 1.45 bits per heavy atom. The van der Waals surface area contributed by atoms with Crippen LogP contribution in [0.1, 0.15) is 25.8 Å². The van der Waals surface area contributed by atoms with Crippen LogP contribution in [0.25, 0.3) is 5.69 Å². The van der Waals surface area contributed by atoms with Crippen LogP contribution in [0.3, 0.4) is 0 Å². The van der Waals surface area contributed by atoms with Crippen LogP contribution in [-0.4, -0.2) is 27.6 Å². The second-order valence-electron chi connectivity index (χ2n) is 6.46. The molecule has 0 bridgehead atoms. The molecule has 5 nitrogen and oxygen atoms in total.